The normalized spacial score (nSPS) is 36.5. The molecule has 0 radical (unpaired) electrons. The van der Waals surface area contributed by atoms with E-state index < -0.39 is 0 Å². The number of rotatable bonds is 0. The van der Waals surface area contributed by atoms with Gasteiger partial charge in [0.15, 0.2) is 0 Å². The highest BCUT2D eigenvalue weighted by Gasteiger charge is 2.23. The van der Waals surface area contributed by atoms with Gasteiger partial charge in [0.05, 0.1) is 0 Å². The van der Waals surface area contributed by atoms with Gasteiger partial charge in [-0.1, -0.05) is 0 Å². The summed E-state index contributed by atoms with van der Waals surface area (Å²) in [6.07, 6.45) is 1.92. The Balaban J connectivity index is 2.57. The highest BCUT2D eigenvalue weighted by atomic mass is 15.2. The number of nitrogens with one attached hydrogen (secondary N) is 1. The number of likely N-dealkylation sites (tertiary alicyclic amines) is 1. The standard InChI is InChI=1S/C8H16N2/c1-6-4-8(9)5-7(2)10(6)3/h6-7,9H,4-5H2,1-3H3. The highest BCUT2D eigenvalue weighted by molar-refractivity contribution is 5.83. The maximum Gasteiger partial charge on any atom is 0.0120 e. The molecule has 0 saturated carbocycles. The molecule has 2 nitrogen and oxygen atoms in total. The monoisotopic (exact) mass is 140 g/mol. The summed E-state index contributed by atoms with van der Waals surface area (Å²) < 4.78 is 0. The first kappa shape index (κ1) is 7.73. The molecule has 2 heteroatoms. The fourth-order valence-corrected chi connectivity index (χ4v) is 1.52. The number of hydrogen-bond acceptors (Lipinski definition) is 2. The zero-order valence-corrected chi connectivity index (χ0v) is 7.02. The number of hydrogen-bond donors (Lipinski definition) is 1. The lowest BCUT2D eigenvalue weighted by Crippen LogP contribution is -2.43. The Morgan fingerprint density at radius 1 is 1.30 bits per heavy atom. The van der Waals surface area contributed by atoms with Gasteiger partial charge in [-0.15, -0.1) is 0 Å². The molecule has 58 valence electrons. The van der Waals surface area contributed by atoms with E-state index in [4.69, 9.17) is 5.41 Å². The van der Waals surface area contributed by atoms with Crippen LogP contribution in [0.25, 0.3) is 0 Å². The minimum atomic E-state index is 0.566. The predicted molar refractivity (Wildman–Crippen MR) is 43.6 cm³/mol. The Morgan fingerprint density at radius 2 is 1.70 bits per heavy atom. The van der Waals surface area contributed by atoms with E-state index >= 15 is 0 Å². The minimum absolute atomic E-state index is 0.566. The summed E-state index contributed by atoms with van der Waals surface area (Å²) in [5.74, 6) is 0. The summed E-state index contributed by atoms with van der Waals surface area (Å²) in [6.45, 7) is 4.37. The quantitative estimate of drug-likeness (QED) is 0.542. The maximum absolute atomic E-state index is 7.51. The van der Waals surface area contributed by atoms with Crippen LogP contribution in [-0.4, -0.2) is 29.7 Å². The van der Waals surface area contributed by atoms with Crippen LogP contribution in [0.15, 0.2) is 0 Å². The van der Waals surface area contributed by atoms with Crippen molar-refractivity contribution in [2.45, 2.75) is 38.8 Å². The summed E-state index contributed by atoms with van der Waals surface area (Å²) in [5, 5.41) is 7.51. The molecule has 0 aromatic carbocycles. The predicted octanol–water partition coefficient (Wildman–Crippen LogP) is 1.51. The highest BCUT2D eigenvalue weighted by Crippen LogP contribution is 2.17. The van der Waals surface area contributed by atoms with Crippen molar-refractivity contribution in [2.24, 2.45) is 0 Å². The summed E-state index contributed by atoms with van der Waals surface area (Å²) >= 11 is 0. The van der Waals surface area contributed by atoms with Gasteiger partial charge in [0, 0.05) is 30.6 Å². The molecule has 0 bridgehead atoms. The van der Waals surface area contributed by atoms with E-state index in [9.17, 15) is 0 Å². The molecule has 1 heterocycles. The van der Waals surface area contributed by atoms with Crippen molar-refractivity contribution in [1.29, 1.82) is 5.41 Å². The van der Waals surface area contributed by atoms with Crippen LogP contribution in [0.1, 0.15) is 26.7 Å². The van der Waals surface area contributed by atoms with Crippen LogP contribution < -0.4 is 0 Å². The second kappa shape index (κ2) is 2.70. The molecule has 1 fully saturated rings. The molecule has 1 saturated heterocycles. The molecule has 1 aliphatic rings. The van der Waals surface area contributed by atoms with Crippen LogP contribution in [-0.2, 0) is 0 Å². The van der Waals surface area contributed by atoms with Crippen molar-refractivity contribution in [3.63, 3.8) is 0 Å². The van der Waals surface area contributed by atoms with E-state index in [2.05, 4.69) is 25.8 Å². The van der Waals surface area contributed by atoms with Gasteiger partial charge in [-0.2, -0.15) is 0 Å². The van der Waals surface area contributed by atoms with Crippen molar-refractivity contribution >= 4 is 5.71 Å². The van der Waals surface area contributed by atoms with Crippen LogP contribution in [0, 0.1) is 5.41 Å². The fourth-order valence-electron chi connectivity index (χ4n) is 1.52. The van der Waals surface area contributed by atoms with E-state index in [0.717, 1.165) is 18.6 Å². The van der Waals surface area contributed by atoms with Gasteiger partial charge in [0.25, 0.3) is 0 Å². The third-order valence-corrected chi connectivity index (χ3v) is 2.47. The average Bonchev–Trinajstić information content (AvgIpc) is 1.82. The van der Waals surface area contributed by atoms with Crippen molar-refractivity contribution in [3.8, 4) is 0 Å². The molecule has 0 aromatic heterocycles. The van der Waals surface area contributed by atoms with Crippen LogP contribution in [0.4, 0.5) is 0 Å². The molecule has 0 aromatic rings. The van der Waals surface area contributed by atoms with E-state index in [-0.39, 0.29) is 0 Å². The van der Waals surface area contributed by atoms with Crippen molar-refractivity contribution < 1.29 is 0 Å². The van der Waals surface area contributed by atoms with Gasteiger partial charge < -0.3 is 10.3 Å². The van der Waals surface area contributed by atoms with Crippen LogP contribution in [0.2, 0.25) is 0 Å². The van der Waals surface area contributed by atoms with E-state index in [0.29, 0.717) is 12.1 Å². The number of nitrogens with zero attached hydrogens (tertiary/aromatic N) is 1. The SMILES string of the molecule is CC1CC(=N)CC(C)N1C. The van der Waals surface area contributed by atoms with Gasteiger partial charge in [-0.05, 0) is 20.9 Å². The lowest BCUT2D eigenvalue weighted by molar-refractivity contribution is 0.186. The first-order chi connectivity index (χ1) is 4.61. The van der Waals surface area contributed by atoms with Crippen LogP contribution in [0.5, 0.6) is 0 Å². The third-order valence-electron chi connectivity index (χ3n) is 2.47. The lowest BCUT2D eigenvalue weighted by Gasteiger charge is -2.35. The molecule has 1 aliphatic heterocycles. The number of piperidine rings is 1. The minimum Gasteiger partial charge on any atom is -0.310 e. The molecule has 10 heavy (non-hydrogen) atoms. The topological polar surface area (TPSA) is 27.1 Å². The maximum atomic E-state index is 7.51. The molecule has 0 aliphatic carbocycles. The zero-order chi connectivity index (χ0) is 7.72. The zero-order valence-electron chi connectivity index (χ0n) is 7.02. The van der Waals surface area contributed by atoms with Crippen LogP contribution in [0.3, 0.4) is 0 Å². The molecule has 0 spiro atoms. The molecular formula is C8H16N2. The largest absolute Gasteiger partial charge is 0.310 e. The summed E-state index contributed by atoms with van der Waals surface area (Å²) in [7, 11) is 2.14. The summed E-state index contributed by atoms with van der Waals surface area (Å²) in [5.41, 5.74) is 0.915. The summed E-state index contributed by atoms with van der Waals surface area (Å²) in [4.78, 5) is 2.35. The molecule has 2 atom stereocenters. The molecule has 1 rings (SSSR count). The lowest BCUT2D eigenvalue weighted by atomic mass is 9.97. The molecule has 2 unspecified atom stereocenters. The smallest absolute Gasteiger partial charge is 0.0120 e. The Labute approximate surface area is 62.7 Å². The van der Waals surface area contributed by atoms with Gasteiger partial charge >= 0.3 is 0 Å². The second-order valence-electron chi connectivity index (χ2n) is 3.38. The van der Waals surface area contributed by atoms with Gasteiger partial charge in [-0.3, -0.25) is 0 Å². The second-order valence-corrected chi connectivity index (χ2v) is 3.38. The van der Waals surface area contributed by atoms with Gasteiger partial charge in [0.1, 0.15) is 0 Å². The third kappa shape index (κ3) is 1.37. The molecule has 0 amide bonds. The van der Waals surface area contributed by atoms with Crippen molar-refractivity contribution in [3.05, 3.63) is 0 Å². The van der Waals surface area contributed by atoms with Gasteiger partial charge in [-0.25, -0.2) is 0 Å². The Kier molecular flexibility index (Phi) is 2.09. The van der Waals surface area contributed by atoms with E-state index in [1.807, 2.05) is 0 Å². The molecule has 1 N–H and O–H groups in total. The van der Waals surface area contributed by atoms with E-state index in [1.54, 1.807) is 0 Å². The van der Waals surface area contributed by atoms with Crippen LogP contribution >= 0.6 is 0 Å². The molecular weight excluding hydrogens is 124 g/mol. The Morgan fingerprint density at radius 3 is 2.10 bits per heavy atom. The van der Waals surface area contributed by atoms with Crippen molar-refractivity contribution in [2.75, 3.05) is 7.05 Å². The van der Waals surface area contributed by atoms with E-state index in [1.165, 1.54) is 0 Å². The fraction of sp³-hybridized carbons (Fsp3) is 0.875. The summed E-state index contributed by atoms with van der Waals surface area (Å²) in [6, 6.07) is 1.13. The average molecular weight is 140 g/mol. The Bertz CT molecular complexity index is 128. The van der Waals surface area contributed by atoms with Gasteiger partial charge in [0.2, 0.25) is 0 Å². The first-order valence-electron chi connectivity index (χ1n) is 3.89. The van der Waals surface area contributed by atoms with Crippen molar-refractivity contribution in [1.82, 2.24) is 4.90 Å². The Hall–Kier alpha value is -0.370. The first-order valence-corrected chi connectivity index (χ1v) is 3.89.